The van der Waals surface area contributed by atoms with Gasteiger partial charge in [0.2, 0.25) is 0 Å². The van der Waals surface area contributed by atoms with Gasteiger partial charge in [-0.1, -0.05) is 0 Å². The molecule has 0 aliphatic rings. The van der Waals surface area contributed by atoms with E-state index < -0.39 is 12.3 Å². The van der Waals surface area contributed by atoms with E-state index in [1.807, 2.05) is 6.92 Å². The molecule has 0 saturated carbocycles. The predicted octanol–water partition coefficient (Wildman–Crippen LogP) is 1.46. The minimum atomic E-state index is -0.547. The molecule has 0 heterocycles. The third-order valence-corrected chi connectivity index (χ3v) is 1.21. The summed E-state index contributed by atoms with van der Waals surface area (Å²) in [6, 6.07) is 0. The fraction of sp³-hybridized carbons (Fsp3) is 0.667. The number of hydrogen-bond donors (Lipinski definition) is 0. The Bertz CT molecular complexity index is 176. The minimum absolute atomic E-state index is 0.0252. The molecular formula is C9H16O4. The highest BCUT2D eigenvalue weighted by Crippen LogP contribution is 2.03. The third-order valence-electron chi connectivity index (χ3n) is 1.21. The Morgan fingerprint density at radius 3 is 2.46 bits per heavy atom. The maximum atomic E-state index is 11.0. The summed E-state index contributed by atoms with van der Waals surface area (Å²) in [6.07, 6.45) is -0.470. The highest BCUT2D eigenvalue weighted by atomic mass is 16.7. The van der Waals surface area contributed by atoms with Gasteiger partial charge in [0.25, 0.3) is 0 Å². The van der Waals surface area contributed by atoms with Crippen LogP contribution in [0.2, 0.25) is 0 Å². The largest absolute Gasteiger partial charge is 0.460 e. The highest BCUT2D eigenvalue weighted by molar-refractivity contribution is 5.85. The van der Waals surface area contributed by atoms with E-state index >= 15 is 0 Å². The van der Waals surface area contributed by atoms with E-state index in [2.05, 4.69) is 11.3 Å². The van der Waals surface area contributed by atoms with Gasteiger partial charge in [-0.25, -0.2) is 4.79 Å². The lowest BCUT2D eigenvalue weighted by molar-refractivity contribution is -0.152. The SMILES string of the molecule is C=C(OC(C)OCC)C(=O)OCC. The molecule has 0 radical (unpaired) electrons. The average molecular weight is 188 g/mol. The maximum absolute atomic E-state index is 11.0. The lowest BCUT2D eigenvalue weighted by Gasteiger charge is -2.14. The van der Waals surface area contributed by atoms with Crippen LogP contribution in [-0.2, 0) is 19.0 Å². The van der Waals surface area contributed by atoms with Gasteiger partial charge in [0.05, 0.1) is 6.61 Å². The van der Waals surface area contributed by atoms with Gasteiger partial charge < -0.3 is 14.2 Å². The molecule has 4 nitrogen and oxygen atoms in total. The first-order chi connectivity index (χ1) is 6.11. The monoisotopic (exact) mass is 188 g/mol. The van der Waals surface area contributed by atoms with Crippen molar-refractivity contribution < 1.29 is 19.0 Å². The van der Waals surface area contributed by atoms with Crippen molar-refractivity contribution in [1.29, 1.82) is 0 Å². The second kappa shape index (κ2) is 6.48. The molecule has 0 bridgehead atoms. The molecule has 0 N–H and O–H groups in total. The molecule has 0 aromatic rings. The maximum Gasteiger partial charge on any atom is 0.373 e. The van der Waals surface area contributed by atoms with Gasteiger partial charge in [-0.2, -0.15) is 0 Å². The number of esters is 1. The van der Waals surface area contributed by atoms with E-state index in [0.29, 0.717) is 13.2 Å². The molecule has 0 spiro atoms. The van der Waals surface area contributed by atoms with Crippen molar-refractivity contribution in [1.82, 2.24) is 0 Å². The average Bonchev–Trinajstić information content (AvgIpc) is 2.05. The predicted molar refractivity (Wildman–Crippen MR) is 47.9 cm³/mol. The zero-order chi connectivity index (χ0) is 10.3. The first-order valence-corrected chi connectivity index (χ1v) is 4.26. The molecule has 0 fully saturated rings. The Hall–Kier alpha value is -1.03. The van der Waals surface area contributed by atoms with Crippen molar-refractivity contribution in [3.8, 4) is 0 Å². The summed E-state index contributed by atoms with van der Waals surface area (Å²) in [5, 5.41) is 0. The fourth-order valence-corrected chi connectivity index (χ4v) is 0.729. The molecule has 76 valence electrons. The number of rotatable bonds is 6. The number of hydrogen-bond acceptors (Lipinski definition) is 4. The molecule has 1 unspecified atom stereocenters. The number of carbonyl (C=O) groups excluding carboxylic acids is 1. The first-order valence-electron chi connectivity index (χ1n) is 4.26. The summed E-state index contributed by atoms with van der Waals surface area (Å²) in [6.45, 7) is 9.50. The molecular weight excluding hydrogens is 172 g/mol. The zero-order valence-electron chi connectivity index (χ0n) is 8.33. The number of ether oxygens (including phenoxy) is 3. The van der Waals surface area contributed by atoms with Crippen molar-refractivity contribution >= 4 is 5.97 Å². The molecule has 0 amide bonds. The van der Waals surface area contributed by atoms with Crippen LogP contribution < -0.4 is 0 Å². The van der Waals surface area contributed by atoms with Crippen LogP contribution in [0, 0.1) is 0 Å². The summed E-state index contributed by atoms with van der Waals surface area (Å²) in [7, 11) is 0. The smallest absolute Gasteiger partial charge is 0.373 e. The molecule has 0 aromatic heterocycles. The van der Waals surface area contributed by atoms with E-state index in [-0.39, 0.29) is 5.76 Å². The van der Waals surface area contributed by atoms with Gasteiger partial charge >= 0.3 is 5.97 Å². The first kappa shape index (κ1) is 12.0. The normalized spacial score (nSPS) is 11.9. The Morgan fingerprint density at radius 1 is 1.38 bits per heavy atom. The van der Waals surface area contributed by atoms with Crippen LogP contribution in [0.1, 0.15) is 20.8 Å². The Balaban J connectivity index is 3.78. The highest BCUT2D eigenvalue weighted by Gasteiger charge is 2.12. The van der Waals surface area contributed by atoms with Crippen molar-refractivity contribution in [3.63, 3.8) is 0 Å². The van der Waals surface area contributed by atoms with Gasteiger partial charge in [-0.15, -0.1) is 0 Å². The van der Waals surface area contributed by atoms with Crippen LogP contribution in [0.5, 0.6) is 0 Å². The van der Waals surface area contributed by atoms with E-state index in [9.17, 15) is 4.79 Å². The molecule has 13 heavy (non-hydrogen) atoms. The van der Waals surface area contributed by atoms with Crippen molar-refractivity contribution in [3.05, 3.63) is 12.3 Å². The molecule has 0 saturated heterocycles. The van der Waals surface area contributed by atoms with Crippen molar-refractivity contribution in [2.75, 3.05) is 13.2 Å². The quantitative estimate of drug-likeness (QED) is 0.274. The molecule has 4 heteroatoms. The molecule has 1 atom stereocenters. The van der Waals surface area contributed by atoms with Crippen LogP contribution >= 0.6 is 0 Å². The van der Waals surface area contributed by atoms with Crippen molar-refractivity contribution in [2.24, 2.45) is 0 Å². The summed E-state index contributed by atoms with van der Waals surface area (Å²) in [4.78, 5) is 11.0. The third kappa shape index (κ3) is 5.25. The zero-order valence-corrected chi connectivity index (χ0v) is 8.33. The van der Waals surface area contributed by atoms with Gasteiger partial charge in [0.15, 0.2) is 12.0 Å². The van der Waals surface area contributed by atoms with Crippen LogP contribution in [0.15, 0.2) is 12.3 Å². The summed E-state index contributed by atoms with van der Waals surface area (Å²) in [5.41, 5.74) is 0. The Morgan fingerprint density at radius 2 is 2.00 bits per heavy atom. The fourth-order valence-electron chi connectivity index (χ4n) is 0.729. The number of carbonyl (C=O) groups is 1. The second-order valence-electron chi connectivity index (χ2n) is 2.28. The molecule has 0 aliphatic carbocycles. The van der Waals surface area contributed by atoms with Crippen LogP contribution in [-0.4, -0.2) is 25.5 Å². The van der Waals surface area contributed by atoms with Gasteiger partial charge in [0, 0.05) is 6.61 Å². The summed E-state index contributed by atoms with van der Waals surface area (Å²) in [5.74, 6) is -0.572. The topological polar surface area (TPSA) is 44.8 Å². The Labute approximate surface area is 78.5 Å². The van der Waals surface area contributed by atoms with E-state index in [1.54, 1.807) is 13.8 Å². The van der Waals surface area contributed by atoms with E-state index in [4.69, 9.17) is 9.47 Å². The Kier molecular flexibility index (Phi) is 5.97. The lowest BCUT2D eigenvalue weighted by atomic mass is 10.5. The van der Waals surface area contributed by atoms with Crippen LogP contribution in [0.3, 0.4) is 0 Å². The van der Waals surface area contributed by atoms with Gasteiger partial charge in [-0.05, 0) is 27.4 Å². The summed E-state index contributed by atoms with van der Waals surface area (Å²) < 4.78 is 14.7. The van der Waals surface area contributed by atoms with E-state index in [1.165, 1.54) is 0 Å². The molecule has 0 aliphatic heterocycles. The second-order valence-corrected chi connectivity index (χ2v) is 2.28. The van der Waals surface area contributed by atoms with Gasteiger partial charge in [0.1, 0.15) is 0 Å². The summed E-state index contributed by atoms with van der Waals surface area (Å²) >= 11 is 0. The van der Waals surface area contributed by atoms with E-state index in [0.717, 1.165) is 0 Å². The van der Waals surface area contributed by atoms with Gasteiger partial charge in [-0.3, -0.25) is 0 Å². The molecule has 0 aromatic carbocycles. The van der Waals surface area contributed by atoms with Crippen LogP contribution in [0.25, 0.3) is 0 Å². The lowest BCUT2D eigenvalue weighted by Crippen LogP contribution is -2.17. The standard InChI is InChI=1S/C9H16O4/c1-5-11-8(4)13-7(3)9(10)12-6-2/h8H,3,5-6H2,1-2,4H3. The minimum Gasteiger partial charge on any atom is -0.460 e. The van der Waals surface area contributed by atoms with Crippen molar-refractivity contribution in [2.45, 2.75) is 27.1 Å². The van der Waals surface area contributed by atoms with Crippen LogP contribution in [0.4, 0.5) is 0 Å². The molecule has 0 rings (SSSR count).